The molecule has 1 aromatic rings. The van der Waals surface area contributed by atoms with E-state index in [4.69, 9.17) is 9.52 Å². The van der Waals surface area contributed by atoms with Crippen molar-refractivity contribution in [3.8, 4) is 0 Å². The van der Waals surface area contributed by atoms with Crippen LogP contribution >= 0.6 is 0 Å². The second-order valence-corrected chi connectivity index (χ2v) is 8.27. The Hall–Kier alpha value is -1.44. The van der Waals surface area contributed by atoms with Crippen LogP contribution in [0.15, 0.2) is 4.42 Å². The highest BCUT2D eigenvalue weighted by molar-refractivity contribution is 7.91. The molecule has 2 heterocycles. The fraction of sp³-hybridized carbons (Fsp3) is 0.750. The number of nitrogens with zero attached hydrogens (tertiary/aromatic N) is 2. The van der Waals surface area contributed by atoms with E-state index in [1.165, 1.54) is 0 Å². The van der Waals surface area contributed by atoms with Gasteiger partial charge < -0.3 is 9.52 Å². The van der Waals surface area contributed by atoms with Crippen molar-refractivity contribution < 1.29 is 22.7 Å². The van der Waals surface area contributed by atoms with Crippen molar-refractivity contribution in [3.63, 3.8) is 0 Å². The predicted molar refractivity (Wildman–Crippen MR) is 70.0 cm³/mol. The maximum atomic E-state index is 11.4. The first-order valence-corrected chi connectivity index (χ1v) is 8.23. The zero-order valence-electron chi connectivity index (χ0n) is 11.5. The van der Waals surface area contributed by atoms with Crippen LogP contribution < -0.4 is 0 Å². The number of rotatable bonds is 5. The Kier molecular flexibility index (Phi) is 3.86. The van der Waals surface area contributed by atoms with Crippen molar-refractivity contribution in [2.24, 2.45) is 5.41 Å². The average Bonchev–Trinajstić information content (AvgIpc) is 2.82. The van der Waals surface area contributed by atoms with E-state index < -0.39 is 21.2 Å². The summed E-state index contributed by atoms with van der Waals surface area (Å²) in [6, 6.07) is 0. The second kappa shape index (κ2) is 5.16. The number of aliphatic carboxylic acids is 1. The van der Waals surface area contributed by atoms with E-state index in [1.54, 1.807) is 0 Å². The number of carbonyl (C=O) groups is 1. The minimum atomic E-state index is -2.99. The van der Waals surface area contributed by atoms with Crippen LogP contribution in [0.25, 0.3) is 0 Å². The molecule has 0 bridgehead atoms. The fourth-order valence-electron chi connectivity index (χ4n) is 2.37. The Morgan fingerprint density at radius 1 is 1.45 bits per heavy atom. The standard InChI is InChI=1S/C12H18N2O5S/c1-12(2,6-10(15)16)5-9-13-14-11(19-9)8-3-4-20(17,18)7-8/h8H,3-7H2,1-2H3,(H,15,16). The molecule has 20 heavy (non-hydrogen) atoms. The van der Waals surface area contributed by atoms with Crippen molar-refractivity contribution in [3.05, 3.63) is 11.8 Å². The lowest BCUT2D eigenvalue weighted by molar-refractivity contribution is -0.139. The van der Waals surface area contributed by atoms with E-state index >= 15 is 0 Å². The molecule has 1 aliphatic heterocycles. The molecule has 112 valence electrons. The third-order valence-electron chi connectivity index (χ3n) is 3.32. The van der Waals surface area contributed by atoms with Crippen LogP contribution in [0.1, 0.15) is 44.4 Å². The molecule has 0 aromatic carbocycles. The van der Waals surface area contributed by atoms with Gasteiger partial charge in [0.25, 0.3) is 0 Å². The summed E-state index contributed by atoms with van der Waals surface area (Å²) in [4.78, 5) is 10.8. The first-order chi connectivity index (χ1) is 9.17. The summed E-state index contributed by atoms with van der Waals surface area (Å²) in [5.74, 6) is -0.212. The lowest BCUT2D eigenvalue weighted by Gasteiger charge is -2.19. The Labute approximate surface area is 117 Å². The van der Waals surface area contributed by atoms with E-state index in [0.29, 0.717) is 24.6 Å². The molecule has 1 atom stereocenters. The Morgan fingerprint density at radius 2 is 2.15 bits per heavy atom. The summed E-state index contributed by atoms with van der Waals surface area (Å²) in [5.41, 5.74) is -0.489. The topological polar surface area (TPSA) is 110 Å². The van der Waals surface area contributed by atoms with Gasteiger partial charge in [0, 0.05) is 6.42 Å². The molecular weight excluding hydrogens is 284 g/mol. The van der Waals surface area contributed by atoms with Gasteiger partial charge in [0.2, 0.25) is 11.8 Å². The van der Waals surface area contributed by atoms with Crippen molar-refractivity contribution in [1.29, 1.82) is 0 Å². The van der Waals surface area contributed by atoms with Crippen LogP contribution in [0.5, 0.6) is 0 Å². The third kappa shape index (κ3) is 3.78. The molecule has 1 saturated heterocycles. The third-order valence-corrected chi connectivity index (χ3v) is 5.09. The smallest absolute Gasteiger partial charge is 0.303 e. The summed E-state index contributed by atoms with van der Waals surface area (Å²) in [6.07, 6.45) is 0.858. The van der Waals surface area contributed by atoms with Gasteiger partial charge in [-0.2, -0.15) is 0 Å². The van der Waals surface area contributed by atoms with Crippen LogP contribution in [-0.2, 0) is 21.1 Å². The molecule has 1 unspecified atom stereocenters. The van der Waals surface area contributed by atoms with Crippen molar-refractivity contribution in [1.82, 2.24) is 10.2 Å². The normalized spacial score (nSPS) is 22.0. The van der Waals surface area contributed by atoms with Crippen LogP contribution in [-0.4, -0.2) is 41.2 Å². The van der Waals surface area contributed by atoms with Gasteiger partial charge in [-0.3, -0.25) is 4.79 Å². The Balaban J connectivity index is 2.04. The zero-order valence-corrected chi connectivity index (χ0v) is 12.3. The maximum absolute atomic E-state index is 11.4. The molecule has 0 radical (unpaired) electrons. The number of aromatic nitrogens is 2. The summed E-state index contributed by atoms with van der Waals surface area (Å²) in [6.45, 7) is 3.62. The van der Waals surface area contributed by atoms with Gasteiger partial charge in [0.1, 0.15) is 0 Å². The highest BCUT2D eigenvalue weighted by Crippen LogP contribution is 2.30. The van der Waals surface area contributed by atoms with Gasteiger partial charge in [-0.05, 0) is 11.8 Å². The summed E-state index contributed by atoms with van der Waals surface area (Å²) >= 11 is 0. The molecule has 2 rings (SSSR count). The van der Waals surface area contributed by atoms with Gasteiger partial charge in [-0.15, -0.1) is 10.2 Å². The van der Waals surface area contributed by atoms with Gasteiger partial charge in [0.05, 0.1) is 23.8 Å². The molecular formula is C12H18N2O5S. The zero-order chi connectivity index (χ0) is 15.0. The number of hydrogen-bond acceptors (Lipinski definition) is 6. The van der Waals surface area contributed by atoms with Gasteiger partial charge in [-0.1, -0.05) is 13.8 Å². The molecule has 1 fully saturated rings. The van der Waals surface area contributed by atoms with Gasteiger partial charge in [-0.25, -0.2) is 8.42 Å². The van der Waals surface area contributed by atoms with Crippen LogP contribution in [0.2, 0.25) is 0 Å². The number of carboxylic acids is 1. The molecule has 7 nitrogen and oxygen atoms in total. The van der Waals surface area contributed by atoms with Gasteiger partial charge >= 0.3 is 5.97 Å². The van der Waals surface area contributed by atoms with E-state index in [0.717, 1.165) is 0 Å². The highest BCUT2D eigenvalue weighted by Gasteiger charge is 2.33. The largest absolute Gasteiger partial charge is 0.481 e. The molecule has 0 aliphatic carbocycles. The molecule has 1 aromatic heterocycles. The molecule has 1 aliphatic rings. The molecule has 1 N–H and O–H groups in total. The lowest BCUT2D eigenvalue weighted by Crippen LogP contribution is -2.19. The van der Waals surface area contributed by atoms with E-state index in [9.17, 15) is 13.2 Å². The molecule has 0 saturated carbocycles. The van der Waals surface area contributed by atoms with Crippen LogP contribution in [0.4, 0.5) is 0 Å². The Morgan fingerprint density at radius 3 is 2.70 bits per heavy atom. The Bertz CT molecular complexity index is 605. The maximum Gasteiger partial charge on any atom is 0.303 e. The van der Waals surface area contributed by atoms with Crippen LogP contribution in [0.3, 0.4) is 0 Å². The van der Waals surface area contributed by atoms with Crippen molar-refractivity contribution >= 4 is 15.8 Å². The SMILES string of the molecule is CC(C)(CC(=O)O)Cc1nnc(C2CCS(=O)(=O)C2)o1. The predicted octanol–water partition coefficient (Wildman–Crippen LogP) is 1.02. The minimum Gasteiger partial charge on any atom is -0.481 e. The van der Waals surface area contributed by atoms with Crippen LogP contribution in [0, 0.1) is 5.41 Å². The quantitative estimate of drug-likeness (QED) is 0.864. The molecule has 0 spiro atoms. The van der Waals surface area contributed by atoms with E-state index in [-0.39, 0.29) is 23.8 Å². The monoisotopic (exact) mass is 302 g/mol. The first-order valence-electron chi connectivity index (χ1n) is 6.41. The number of carboxylic acid groups (broad SMARTS) is 1. The van der Waals surface area contributed by atoms with Gasteiger partial charge in [0.15, 0.2) is 9.84 Å². The lowest BCUT2D eigenvalue weighted by atomic mass is 9.86. The summed E-state index contributed by atoms with van der Waals surface area (Å²) < 4.78 is 28.3. The minimum absolute atomic E-state index is 0.00250. The summed E-state index contributed by atoms with van der Waals surface area (Å²) in [7, 11) is -2.99. The molecule has 8 heteroatoms. The highest BCUT2D eigenvalue weighted by atomic mass is 32.2. The average molecular weight is 302 g/mol. The number of sulfone groups is 1. The first kappa shape index (κ1) is 15.0. The van der Waals surface area contributed by atoms with E-state index in [2.05, 4.69) is 10.2 Å². The van der Waals surface area contributed by atoms with Crippen molar-refractivity contribution in [2.45, 2.75) is 39.0 Å². The second-order valence-electron chi connectivity index (χ2n) is 6.05. The fourth-order valence-corrected chi connectivity index (χ4v) is 4.11. The van der Waals surface area contributed by atoms with E-state index in [1.807, 2.05) is 13.8 Å². The molecule has 0 amide bonds. The number of hydrogen-bond donors (Lipinski definition) is 1. The van der Waals surface area contributed by atoms with Crippen molar-refractivity contribution in [2.75, 3.05) is 11.5 Å². The summed E-state index contributed by atoms with van der Waals surface area (Å²) in [5, 5.41) is 16.6.